The Morgan fingerprint density at radius 2 is 0.738 bits per heavy atom. The first-order valence-corrected chi connectivity index (χ1v) is 10.2. The number of benzene rings is 3. The van der Waals surface area contributed by atoms with Crippen LogP contribution in [0.2, 0.25) is 0 Å². The number of rotatable bonds is 10. The minimum Gasteiger partial charge on any atom is -0.258 e. The number of hydrogen-bond donors (Lipinski definition) is 0. The molecule has 0 atom stereocenters. The fourth-order valence-electron chi connectivity index (χ4n) is 4.05. The van der Waals surface area contributed by atoms with Gasteiger partial charge in [0.15, 0.2) is 0 Å². The molecular formula is C18H6N8O16. The summed E-state index contributed by atoms with van der Waals surface area (Å²) in [5, 5.41) is 95.3. The highest BCUT2D eigenvalue weighted by Gasteiger charge is 2.54. The third-order valence-electron chi connectivity index (χ3n) is 5.43. The standard InChI is InChI=1S/C18H6N8O16/c27-19(28)9-6-8(12(20(29)30)16(24(37)38)13(9)21(31)32)11-10(7-4-2-1-3-5-7)14(22(33)34)17(25(39)40)18(26(41)42)15(11)23(35)36/h1-6H. The second-order valence-electron chi connectivity index (χ2n) is 7.56. The zero-order valence-corrected chi connectivity index (χ0v) is 19.6. The summed E-state index contributed by atoms with van der Waals surface area (Å²) in [5.74, 6) is 0. The van der Waals surface area contributed by atoms with E-state index in [-0.39, 0.29) is 6.07 Å². The molecule has 0 saturated carbocycles. The lowest BCUT2D eigenvalue weighted by Gasteiger charge is -2.13. The Balaban J connectivity index is 3.00. The lowest BCUT2D eigenvalue weighted by molar-refractivity contribution is -0.452. The van der Waals surface area contributed by atoms with E-state index < -0.39 is 107 Å². The zero-order valence-electron chi connectivity index (χ0n) is 19.6. The molecule has 3 aromatic rings. The highest BCUT2D eigenvalue weighted by molar-refractivity contribution is 6.06. The molecule has 3 rings (SSSR count). The molecule has 0 N–H and O–H groups in total. The van der Waals surface area contributed by atoms with Crippen LogP contribution in [0.4, 0.5) is 45.5 Å². The van der Waals surface area contributed by atoms with Gasteiger partial charge in [-0.2, -0.15) is 0 Å². The number of hydrogen-bond acceptors (Lipinski definition) is 16. The maximum absolute atomic E-state index is 12.2. The van der Waals surface area contributed by atoms with E-state index >= 15 is 0 Å². The summed E-state index contributed by atoms with van der Waals surface area (Å²) in [6, 6.07) is 5.08. The van der Waals surface area contributed by atoms with E-state index in [0.717, 1.165) is 24.3 Å². The van der Waals surface area contributed by atoms with Gasteiger partial charge in [-0.05, 0) is 5.56 Å². The molecule has 0 aliphatic rings. The monoisotopic (exact) mass is 590 g/mol. The van der Waals surface area contributed by atoms with E-state index in [1.54, 1.807) is 0 Å². The first-order chi connectivity index (χ1) is 19.5. The zero-order chi connectivity index (χ0) is 31.8. The fraction of sp³-hybridized carbons (Fsp3) is 0. The lowest BCUT2D eigenvalue weighted by atomic mass is 9.88. The minimum atomic E-state index is -2.22. The van der Waals surface area contributed by atoms with Crippen LogP contribution in [0.15, 0.2) is 36.4 Å². The van der Waals surface area contributed by atoms with Crippen molar-refractivity contribution in [1.29, 1.82) is 0 Å². The quantitative estimate of drug-likeness (QED) is 0.234. The molecule has 24 nitrogen and oxygen atoms in total. The topological polar surface area (TPSA) is 345 Å². The fourth-order valence-corrected chi connectivity index (χ4v) is 4.05. The summed E-state index contributed by atoms with van der Waals surface area (Å²) in [7, 11) is 0. The van der Waals surface area contributed by atoms with Gasteiger partial charge >= 0.3 is 45.5 Å². The van der Waals surface area contributed by atoms with E-state index in [1.165, 1.54) is 6.07 Å². The molecule has 0 spiro atoms. The van der Waals surface area contributed by atoms with E-state index in [4.69, 9.17) is 0 Å². The molecule has 0 amide bonds. The second-order valence-corrected chi connectivity index (χ2v) is 7.56. The van der Waals surface area contributed by atoms with Crippen molar-refractivity contribution >= 4 is 45.5 Å². The van der Waals surface area contributed by atoms with Crippen molar-refractivity contribution in [2.45, 2.75) is 0 Å². The van der Waals surface area contributed by atoms with Gasteiger partial charge in [0.25, 0.3) is 0 Å². The predicted octanol–water partition coefficient (Wildman–Crippen LogP) is 4.29. The van der Waals surface area contributed by atoms with Gasteiger partial charge < -0.3 is 0 Å². The van der Waals surface area contributed by atoms with Crippen LogP contribution in [0.1, 0.15) is 0 Å². The van der Waals surface area contributed by atoms with Crippen LogP contribution in [0.25, 0.3) is 22.3 Å². The van der Waals surface area contributed by atoms with E-state index in [9.17, 15) is 80.9 Å². The van der Waals surface area contributed by atoms with Gasteiger partial charge in [0.2, 0.25) is 0 Å². The smallest absolute Gasteiger partial charge is 0.258 e. The van der Waals surface area contributed by atoms with Crippen LogP contribution < -0.4 is 0 Å². The first-order valence-electron chi connectivity index (χ1n) is 10.2. The highest BCUT2D eigenvalue weighted by Crippen LogP contribution is 2.59. The average Bonchev–Trinajstić information content (AvgIpc) is 2.89. The largest absolute Gasteiger partial charge is 0.430 e. The third kappa shape index (κ3) is 4.63. The van der Waals surface area contributed by atoms with Crippen LogP contribution in [0.3, 0.4) is 0 Å². The molecule has 0 aliphatic heterocycles. The van der Waals surface area contributed by atoms with Crippen molar-refractivity contribution in [1.82, 2.24) is 0 Å². The van der Waals surface area contributed by atoms with Crippen LogP contribution in [-0.4, -0.2) is 39.4 Å². The molecule has 42 heavy (non-hydrogen) atoms. The van der Waals surface area contributed by atoms with Gasteiger partial charge in [0, 0.05) is 6.07 Å². The van der Waals surface area contributed by atoms with E-state index in [1.807, 2.05) is 0 Å². The third-order valence-corrected chi connectivity index (χ3v) is 5.43. The van der Waals surface area contributed by atoms with Gasteiger partial charge in [-0.3, -0.25) is 80.9 Å². The molecule has 0 radical (unpaired) electrons. The molecule has 0 unspecified atom stereocenters. The Kier molecular flexibility index (Phi) is 7.39. The van der Waals surface area contributed by atoms with Gasteiger partial charge in [-0.25, -0.2) is 0 Å². The molecule has 0 fully saturated rings. The van der Waals surface area contributed by atoms with Gasteiger partial charge in [-0.15, -0.1) is 0 Å². The normalized spacial score (nSPS) is 10.5. The summed E-state index contributed by atoms with van der Waals surface area (Å²) in [4.78, 5) is 81.4. The lowest BCUT2D eigenvalue weighted by Crippen LogP contribution is -2.11. The predicted molar refractivity (Wildman–Crippen MR) is 131 cm³/mol. The summed E-state index contributed by atoms with van der Waals surface area (Å²) in [6.45, 7) is 0. The Morgan fingerprint density at radius 3 is 1.10 bits per heavy atom. The summed E-state index contributed by atoms with van der Waals surface area (Å²) in [6.07, 6.45) is 0. The van der Waals surface area contributed by atoms with Crippen molar-refractivity contribution in [2.24, 2.45) is 0 Å². The van der Waals surface area contributed by atoms with E-state index in [2.05, 4.69) is 0 Å². The molecular weight excluding hydrogens is 584 g/mol. The number of nitrogens with zero attached hydrogens (tertiary/aromatic N) is 8. The van der Waals surface area contributed by atoms with Crippen LogP contribution >= 0.6 is 0 Å². The molecule has 0 aliphatic carbocycles. The van der Waals surface area contributed by atoms with Crippen LogP contribution in [-0.2, 0) is 0 Å². The van der Waals surface area contributed by atoms with Crippen molar-refractivity contribution < 1.29 is 39.4 Å². The molecule has 214 valence electrons. The Morgan fingerprint density at radius 1 is 0.381 bits per heavy atom. The maximum Gasteiger partial charge on any atom is 0.430 e. The average molecular weight is 590 g/mol. The van der Waals surface area contributed by atoms with E-state index in [0.29, 0.717) is 0 Å². The molecule has 0 heterocycles. The van der Waals surface area contributed by atoms with Crippen LogP contribution in [0.5, 0.6) is 0 Å². The Labute approximate surface area is 225 Å². The summed E-state index contributed by atoms with van der Waals surface area (Å²) < 4.78 is 0. The first kappa shape index (κ1) is 29.4. The molecule has 0 saturated heterocycles. The summed E-state index contributed by atoms with van der Waals surface area (Å²) in [5.41, 5.74) is -21.7. The van der Waals surface area contributed by atoms with Crippen molar-refractivity contribution in [3.8, 4) is 22.3 Å². The second kappa shape index (κ2) is 10.6. The minimum absolute atomic E-state index is 0.155. The Hall–Kier alpha value is -7.14. The molecule has 3 aromatic carbocycles. The Bertz CT molecular complexity index is 1810. The maximum atomic E-state index is 12.2. The number of nitro benzene ring substituents is 8. The highest BCUT2D eigenvalue weighted by atomic mass is 16.7. The van der Waals surface area contributed by atoms with Gasteiger partial charge in [0.1, 0.15) is 0 Å². The SMILES string of the molecule is O=[N+]([O-])c1cc(-c2c(-c3ccccc3)c([N+](=O)[O-])c([N+](=O)[O-])c([N+](=O)[O-])c2[N+](=O)[O-])c([N+](=O)[O-])c([N+](=O)[O-])c1[N+](=O)[O-]. The van der Waals surface area contributed by atoms with Crippen molar-refractivity contribution in [2.75, 3.05) is 0 Å². The molecule has 0 aromatic heterocycles. The van der Waals surface area contributed by atoms with Gasteiger partial charge in [0.05, 0.1) is 56.1 Å². The number of nitro groups is 8. The van der Waals surface area contributed by atoms with Crippen LogP contribution in [0, 0.1) is 80.9 Å². The molecule has 0 bridgehead atoms. The van der Waals surface area contributed by atoms with Gasteiger partial charge in [-0.1, -0.05) is 30.3 Å². The van der Waals surface area contributed by atoms with Crippen molar-refractivity contribution in [3.63, 3.8) is 0 Å². The summed E-state index contributed by atoms with van der Waals surface area (Å²) >= 11 is 0. The van der Waals surface area contributed by atoms with Crippen molar-refractivity contribution in [3.05, 3.63) is 117 Å². The molecule has 24 heteroatoms.